The first kappa shape index (κ1) is 58.4. The summed E-state index contributed by atoms with van der Waals surface area (Å²) in [4.78, 5) is 38.0. The predicted octanol–water partition coefficient (Wildman–Crippen LogP) is 17.3. The molecule has 0 aromatic heterocycles. The highest BCUT2D eigenvalue weighted by Crippen LogP contribution is 2.18. The highest BCUT2D eigenvalue weighted by Gasteiger charge is 2.19. The van der Waals surface area contributed by atoms with Crippen molar-refractivity contribution in [1.82, 2.24) is 0 Å². The Morgan fingerprint density at radius 3 is 0.950 bits per heavy atom. The van der Waals surface area contributed by atoms with Crippen molar-refractivity contribution in [2.75, 3.05) is 13.2 Å². The molecule has 0 rings (SSSR count). The summed E-state index contributed by atoms with van der Waals surface area (Å²) >= 11 is 0. The van der Waals surface area contributed by atoms with Crippen LogP contribution in [-0.4, -0.2) is 37.2 Å². The third-order valence-electron chi connectivity index (χ3n) is 12.6. The number of carbonyl (C=O) groups excluding carboxylic acids is 3. The summed E-state index contributed by atoms with van der Waals surface area (Å²) in [6.45, 7) is 11.4. The van der Waals surface area contributed by atoms with E-state index < -0.39 is 6.10 Å². The van der Waals surface area contributed by atoms with Crippen molar-refractivity contribution in [2.24, 2.45) is 11.8 Å². The van der Waals surface area contributed by atoms with E-state index in [0.717, 1.165) is 69.6 Å². The van der Waals surface area contributed by atoms with Gasteiger partial charge in [-0.05, 0) is 31.1 Å². The van der Waals surface area contributed by atoms with E-state index in [-0.39, 0.29) is 31.1 Å². The predicted molar refractivity (Wildman–Crippen MR) is 256 cm³/mol. The lowest BCUT2D eigenvalue weighted by atomic mass is 10.00. The average molecular weight is 849 g/mol. The molecular weight excluding hydrogens is 745 g/mol. The maximum absolute atomic E-state index is 12.8. The number of hydrogen-bond donors (Lipinski definition) is 0. The number of esters is 3. The Bertz CT molecular complexity index is 918. The number of carbonyl (C=O) groups is 3. The van der Waals surface area contributed by atoms with E-state index in [2.05, 4.69) is 34.6 Å². The zero-order chi connectivity index (χ0) is 44.0. The maximum atomic E-state index is 12.8. The summed E-state index contributed by atoms with van der Waals surface area (Å²) in [5.41, 5.74) is 0. The fourth-order valence-electron chi connectivity index (χ4n) is 8.13. The van der Waals surface area contributed by atoms with Crippen molar-refractivity contribution in [3.05, 3.63) is 0 Å². The van der Waals surface area contributed by atoms with Gasteiger partial charge in [0, 0.05) is 19.3 Å². The Labute approximate surface area is 374 Å². The highest BCUT2D eigenvalue weighted by molar-refractivity contribution is 5.71. The first-order valence-corrected chi connectivity index (χ1v) is 26.8. The van der Waals surface area contributed by atoms with Crippen LogP contribution in [0.1, 0.15) is 298 Å². The van der Waals surface area contributed by atoms with Crippen LogP contribution in [0.25, 0.3) is 0 Å². The van der Waals surface area contributed by atoms with E-state index in [1.54, 1.807) is 0 Å². The van der Waals surface area contributed by atoms with Gasteiger partial charge in [0.05, 0.1) is 0 Å². The van der Waals surface area contributed by atoms with Crippen LogP contribution >= 0.6 is 0 Å². The van der Waals surface area contributed by atoms with Gasteiger partial charge in [-0.3, -0.25) is 14.4 Å². The average Bonchev–Trinajstić information content (AvgIpc) is 3.23. The van der Waals surface area contributed by atoms with Gasteiger partial charge in [0.1, 0.15) is 13.2 Å². The smallest absolute Gasteiger partial charge is 0.306 e. The van der Waals surface area contributed by atoms with Crippen molar-refractivity contribution in [2.45, 2.75) is 304 Å². The molecule has 0 aliphatic heterocycles. The normalized spacial score (nSPS) is 12.5. The first-order chi connectivity index (χ1) is 29.3. The Morgan fingerprint density at radius 2 is 0.633 bits per heavy atom. The van der Waals surface area contributed by atoms with Crippen molar-refractivity contribution in [3.8, 4) is 0 Å². The van der Waals surface area contributed by atoms with Crippen molar-refractivity contribution < 1.29 is 28.6 Å². The summed E-state index contributed by atoms with van der Waals surface area (Å²) in [5.74, 6) is 0.800. The largest absolute Gasteiger partial charge is 0.462 e. The molecule has 0 radical (unpaired) electrons. The third-order valence-corrected chi connectivity index (χ3v) is 12.6. The molecule has 0 heterocycles. The molecule has 0 bridgehead atoms. The number of hydrogen-bond acceptors (Lipinski definition) is 6. The van der Waals surface area contributed by atoms with E-state index in [4.69, 9.17) is 14.2 Å². The lowest BCUT2D eigenvalue weighted by Gasteiger charge is -2.18. The summed E-state index contributed by atoms with van der Waals surface area (Å²) in [6.07, 6.45) is 48.1. The SMILES string of the molecule is CCCCCCCCCCCCCCCCCCC(=O)OC[C@@H](COC(=O)CCCCCCCCCCCCCCCC(C)C)OC(=O)CCCCCCCCC(C)CC. The van der Waals surface area contributed by atoms with Crippen molar-refractivity contribution >= 4 is 17.9 Å². The lowest BCUT2D eigenvalue weighted by Crippen LogP contribution is -2.30. The summed E-state index contributed by atoms with van der Waals surface area (Å²) < 4.78 is 16.8. The fraction of sp³-hybridized carbons (Fsp3) is 0.944. The van der Waals surface area contributed by atoms with Gasteiger partial charge in [-0.15, -0.1) is 0 Å². The van der Waals surface area contributed by atoms with E-state index in [0.29, 0.717) is 19.3 Å². The molecule has 0 aliphatic rings. The van der Waals surface area contributed by atoms with E-state index >= 15 is 0 Å². The molecule has 6 heteroatoms. The lowest BCUT2D eigenvalue weighted by molar-refractivity contribution is -0.167. The molecule has 1 unspecified atom stereocenters. The molecule has 0 amide bonds. The fourth-order valence-corrected chi connectivity index (χ4v) is 8.13. The molecule has 0 aromatic rings. The van der Waals surface area contributed by atoms with Crippen LogP contribution in [-0.2, 0) is 28.6 Å². The summed E-state index contributed by atoms with van der Waals surface area (Å²) in [7, 11) is 0. The van der Waals surface area contributed by atoms with E-state index in [9.17, 15) is 14.4 Å². The highest BCUT2D eigenvalue weighted by atomic mass is 16.6. The molecule has 0 aromatic carbocycles. The minimum Gasteiger partial charge on any atom is -0.462 e. The van der Waals surface area contributed by atoms with Crippen molar-refractivity contribution in [1.29, 1.82) is 0 Å². The first-order valence-electron chi connectivity index (χ1n) is 26.8. The van der Waals surface area contributed by atoms with Crippen LogP contribution in [0.4, 0.5) is 0 Å². The van der Waals surface area contributed by atoms with Gasteiger partial charge in [0.25, 0.3) is 0 Å². The van der Waals surface area contributed by atoms with Gasteiger partial charge in [0.2, 0.25) is 0 Å². The Kier molecular flexibility index (Phi) is 45.7. The summed E-state index contributed by atoms with van der Waals surface area (Å²) in [6, 6.07) is 0. The molecule has 0 spiro atoms. The van der Waals surface area contributed by atoms with Crippen LogP contribution in [0.5, 0.6) is 0 Å². The Morgan fingerprint density at radius 1 is 0.350 bits per heavy atom. The second-order valence-electron chi connectivity index (χ2n) is 19.2. The van der Waals surface area contributed by atoms with Gasteiger partial charge in [-0.2, -0.15) is 0 Å². The van der Waals surface area contributed by atoms with Crippen LogP contribution in [0, 0.1) is 11.8 Å². The molecule has 0 saturated carbocycles. The third kappa shape index (κ3) is 45.9. The van der Waals surface area contributed by atoms with Crippen LogP contribution in [0.15, 0.2) is 0 Å². The molecular formula is C54H104O6. The van der Waals surface area contributed by atoms with Crippen LogP contribution in [0.2, 0.25) is 0 Å². The zero-order valence-electron chi connectivity index (χ0n) is 41.1. The van der Waals surface area contributed by atoms with Crippen LogP contribution < -0.4 is 0 Å². The van der Waals surface area contributed by atoms with Gasteiger partial charge in [-0.25, -0.2) is 0 Å². The van der Waals surface area contributed by atoms with Gasteiger partial charge >= 0.3 is 17.9 Å². The topological polar surface area (TPSA) is 78.9 Å². The number of ether oxygens (including phenoxy) is 3. The molecule has 0 fully saturated rings. The van der Waals surface area contributed by atoms with E-state index in [1.807, 2.05) is 0 Å². The second-order valence-corrected chi connectivity index (χ2v) is 19.2. The quantitative estimate of drug-likeness (QED) is 0.0345. The molecule has 0 N–H and O–H groups in total. The number of rotatable bonds is 48. The minimum atomic E-state index is -0.762. The minimum absolute atomic E-state index is 0.0643. The molecule has 2 atom stereocenters. The standard InChI is InChI=1S/C54H104O6/c1-6-8-9-10-11-12-13-14-15-16-19-22-25-28-34-39-44-52(55)58-47-51(60-54(57)46-41-36-31-30-33-38-43-50(5)7-2)48-59-53(56)45-40-35-29-26-23-20-17-18-21-24-27-32-37-42-49(3)4/h49-51H,6-48H2,1-5H3/t50?,51-/m0/s1. The van der Waals surface area contributed by atoms with Gasteiger partial charge in [0.15, 0.2) is 6.10 Å². The Hall–Kier alpha value is -1.59. The van der Waals surface area contributed by atoms with Gasteiger partial charge in [-0.1, -0.05) is 259 Å². The Balaban J connectivity index is 4.26. The second kappa shape index (κ2) is 46.9. The van der Waals surface area contributed by atoms with E-state index in [1.165, 1.54) is 186 Å². The zero-order valence-corrected chi connectivity index (χ0v) is 41.1. The van der Waals surface area contributed by atoms with Crippen LogP contribution in [0.3, 0.4) is 0 Å². The molecule has 6 nitrogen and oxygen atoms in total. The molecule has 60 heavy (non-hydrogen) atoms. The van der Waals surface area contributed by atoms with Crippen molar-refractivity contribution in [3.63, 3.8) is 0 Å². The monoisotopic (exact) mass is 849 g/mol. The molecule has 356 valence electrons. The van der Waals surface area contributed by atoms with Gasteiger partial charge < -0.3 is 14.2 Å². The molecule has 0 aliphatic carbocycles. The maximum Gasteiger partial charge on any atom is 0.306 e. The summed E-state index contributed by atoms with van der Waals surface area (Å²) in [5, 5.41) is 0. The number of unbranched alkanes of at least 4 members (excludes halogenated alkanes) is 32. The molecule has 0 saturated heterocycles.